The summed E-state index contributed by atoms with van der Waals surface area (Å²) in [5.41, 5.74) is 15.1. The highest BCUT2D eigenvalue weighted by molar-refractivity contribution is 6.16. The maximum atomic E-state index is 7.03. The molecule has 14 aromatic rings. The van der Waals surface area contributed by atoms with Gasteiger partial charge in [-0.25, -0.2) is 15.0 Å². The van der Waals surface area contributed by atoms with Crippen LogP contribution in [0.4, 0.5) is 0 Å². The molecule has 0 aliphatic carbocycles. The maximum absolute atomic E-state index is 7.03. The van der Waals surface area contributed by atoms with Crippen LogP contribution in [0.15, 0.2) is 241 Å². The van der Waals surface area contributed by atoms with Gasteiger partial charge in [-0.3, -0.25) is 0 Å². The Morgan fingerprint density at radius 3 is 1.51 bits per heavy atom. The molecule has 0 saturated carbocycles. The van der Waals surface area contributed by atoms with E-state index in [1.54, 1.807) is 0 Å². The largest absolute Gasteiger partial charge is 0.455 e. The summed E-state index contributed by atoms with van der Waals surface area (Å²) < 4.78 is 11.7. The number of nitrogens with zero attached hydrogens (tertiary/aromatic N) is 5. The second-order valence-electron chi connectivity index (χ2n) is 17.6. The van der Waals surface area contributed by atoms with Crippen molar-refractivity contribution in [2.24, 2.45) is 0 Å². The summed E-state index contributed by atoms with van der Waals surface area (Å²) in [5.74, 6) is 1.67. The lowest BCUT2D eigenvalue weighted by Crippen LogP contribution is -2.02. The summed E-state index contributed by atoms with van der Waals surface area (Å²) in [4.78, 5) is 16.2. The van der Waals surface area contributed by atoms with E-state index in [1.165, 1.54) is 21.9 Å². The Labute approximate surface area is 396 Å². The molecule has 0 atom stereocenters. The van der Waals surface area contributed by atoms with Crippen LogP contribution in [-0.4, -0.2) is 24.1 Å². The monoisotopic (exact) mass is 881 g/mol. The van der Waals surface area contributed by atoms with Gasteiger partial charge in [-0.2, -0.15) is 0 Å². The predicted octanol–water partition coefficient (Wildman–Crippen LogP) is 16.3. The number of hydrogen-bond acceptors (Lipinski definition) is 4. The molecule has 0 bridgehead atoms. The molecule has 0 spiro atoms. The summed E-state index contributed by atoms with van der Waals surface area (Å²) in [6.45, 7) is 0. The van der Waals surface area contributed by atoms with Gasteiger partial charge in [0, 0.05) is 54.8 Å². The average Bonchev–Trinajstić information content (AvgIpc) is 4.09. The van der Waals surface area contributed by atoms with E-state index in [0.717, 1.165) is 88.4 Å². The number of furan rings is 1. The van der Waals surface area contributed by atoms with Gasteiger partial charge in [0.1, 0.15) is 11.2 Å². The smallest absolute Gasteiger partial charge is 0.167 e. The van der Waals surface area contributed by atoms with Crippen molar-refractivity contribution in [2.45, 2.75) is 0 Å². The normalized spacial score (nSPS) is 11.8. The van der Waals surface area contributed by atoms with Gasteiger partial charge < -0.3 is 13.6 Å². The highest BCUT2D eigenvalue weighted by atomic mass is 16.3. The molecule has 69 heavy (non-hydrogen) atoms. The number of fused-ring (bicyclic) bond motifs is 9. The molecule has 0 aliphatic heterocycles. The summed E-state index contributed by atoms with van der Waals surface area (Å²) in [7, 11) is 0. The maximum Gasteiger partial charge on any atom is 0.167 e. The van der Waals surface area contributed by atoms with Crippen molar-refractivity contribution in [3.8, 4) is 67.8 Å². The van der Waals surface area contributed by atoms with Gasteiger partial charge in [0.05, 0.1) is 27.6 Å². The number of para-hydroxylation sites is 4. The van der Waals surface area contributed by atoms with Crippen LogP contribution in [0, 0.1) is 0 Å². The van der Waals surface area contributed by atoms with E-state index < -0.39 is 0 Å². The predicted molar refractivity (Wildman–Crippen MR) is 283 cm³/mol. The van der Waals surface area contributed by atoms with Gasteiger partial charge in [0.15, 0.2) is 17.5 Å². The SMILES string of the molecule is c1ccc(-c2cccc(-c3ccc4oc5c(-c6nc(-c7ccccc7)nc(-c7cccc8c7c7ccccc7n8-c7ccccc7)n6)cc(-n6c7ccccc7c7ccccc76)cc5c4c3)c2)cc1. The van der Waals surface area contributed by atoms with E-state index in [2.05, 4.69) is 228 Å². The quantitative estimate of drug-likeness (QED) is 0.160. The Kier molecular flexibility index (Phi) is 8.79. The molecule has 0 amide bonds. The van der Waals surface area contributed by atoms with Crippen molar-refractivity contribution in [1.29, 1.82) is 0 Å². The molecule has 0 radical (unpaired) electrons. The standard InChI is InChI=1S/C63H39N5O/c1-4-18-40(19-5-1)42-22-16-23-43(36-42)44-34-35-58-51(37-44)52-38-46(68-54-30-13-10-26-47(54)48-27-11-14-31-55(48)68)39-53(60(52)69-58)63-65-61(41-20-6-2-7-21-41)64-62(66-63)50-29-17-33-57-59(50)49-28-12-15-32-56(49)67(57)45-24-8-3-9-25-45/h1-39H. The van der Waals surface area contributed by atoms with Crippen molar-refractivity contribution in [2.75, 3.05) is 0 Å². The van der Waals surface area contributed by atoms with E-state index in [4.69, 9.17) is 19.4 Å². The van der Waals surface area contributed by atoms with Crippen molar-refractivity contribution in [1.82, 2.24) is 24.1 Å². The summed E-state index contributed by atoms with van der Waals surface area (Å²) in [6, 6.07) is 83.3. The van der Waals surface area contributed by atoms with Gasteiger partial charge >= 0.3 is 0 Å². The van der Waals surface area contributed by atoms with Crippen LogP contribution in [0.3, 0.4) is 0 Å². The van der Waals surface area contributed by atoms with Crippen LogP contribution < -0.4 is 0 Å². The zero-order chi connectivity index (χ0) is 45.4. The van der Waals surface area contributed by atoms with E-state index in [9.17, 15) is 0 Å². The van der Waals surface area contributed by atoms with E-state index in [0.29, 0.717) is 23.1 Å². The second-order valence-corrected chi connectivity index (χ2v) is 17.6. The first-order valence-corrected chi connectivity index (χ1v) is 23.3. The Morgan fingerprint density at radius 1 is 0.290 bits per heavy atom. The molecule has 6 nitrogen and oxygen atoms in total. The molecule has 4 heterocycles. The third kappa shape index (κ3) is 6.30. The third-order valence-electron chi connectivity index (χ3n) is 13.6. The minimum atomic E-state index is 0.519. The van der Waals surface area contributed by atoms with Gasteiger partial charge in [-0.1, -0.05) is 170 Å². The Balaban J connectivity index is 1.05. The molecular weight excluding hydrogens is 843 g/mol. The molecular formula is C63H39N5O. The van der Waals surface area contributed by atoms with Crippen molar-refractivity contribution >= 4 is 65.6 Å². The highest BCUT2D eigenvalue weighted by Gasteiger charge is 2.24. The topological polar surface area (TPSA) is 61.7 Å². The lowest BCUT2D eigenvalue weighted by atomic mass is 9.97. The van der Waals surface area contributed by atoms with Crippen molar-refractivity contribution < 1.29 is 4.42 Å². The Morgan fingerprint density at radius 2 is 0.797 bits per heavy atom. The number of aromatic nitrogens is 5. The summed E-state index contributed by atoms with van der Waals surface area (Å²) in [6.07, 6.45) is 0. The minimum Gasteiger partial charge on any atom is -0.455 e. The molecule has 0 fully saturated rings. The molecule has 4 aromatic heterocycles. The van der Waals surface area contributed by atoms with Crippen molar-refractivity contribution in [3.05, 3.63) is 237 Å². The van der Waals surface area contributed by atoms with Crippen LogP contribution in [0.2, 0.25) is 0 Å². The third-order valence-corrected chi connectivity index (χ3v) is 13.6. The minimum absolute atomic E-state index is 0.519. The van der Waals surface area contributed by atoms with Crippen LogP contribution in [0.1, 0.15) is 0 Å². The average molecular weight is 882 g/mol. The molecule has 10 aromatic carbocycles. The van der Waals surface area contributed by atoms with Gasteiger partial charge in [0.25, 0.3) is 0 Å². The first-order chi connectivity index (χ1) is 34.2. The zero-order valence-corrected chi connectivity index (χ0v) is 37.2. The van der Waals surface area contributed by atoms with E-state index in [-0.39, 0.29) is 0 Å². The molecule has 0 N–H and O–H groups in total. The Hall–Kier alpha value is -9.39. The van der Waals surface area contributed by atoms with E-state index in [1.807, 2.05) is 18.2 Å². The fourth-order valence-corrected chi connectivity index (χ4v) is 10.4. The van der Waals surface area contributed by atoms with Crippen LogP contribution in [0.5, 0.6) is 0 Å². The number of rotatable bonds is 7. The number of benzene rings is 10. The molecule has 14 rings (SSSR count). The zero-order valence-electron chi connectivity index (χ0n) is 37.2. The van der Waals surface area contributed by atoms with Crippen LogP contribution >= 0.6 is 0 Å². The molecule has 0 aliphatic rings. The van der Waals surface area contributed by atoms with Gasteiger partial charge in [0.2, 0.25) is 0 Å². The van der Waals surface area contributed by atoms with Gasteiger partial charge in [-0.05, 0) is 89.0 Å². The van der Waals surface area contributed by atoms with Gasteiger partial charge in [-0.15, -0.1) is 0 Å². The van der Waals surface area contributed by atoms with Crippen LogP contribution in [-0.2, 0) is 0 Å². The summed E-state index contributed by atoms with van der Waals surface area (Å²) in [5, 5.41) is 6.54. The molecule has 0 unspecified atom stereocenters. The molecule has 6 heteroatoms. The molecule has 0 saturated heterocycles. The number of hydrogen-bond donors (Lipinski definition) is 0. The summed E-state index contributed by atoms with van der Waals surface area (Å²) >= 11 is 0. The lowest BCUT2D eigenvalue weighted by molar-refractivity contribution is 0.669. The molecule has 322 valence electrons. The van der Waals surface area contributed by atoms with Crippen LogP contribution in [0.25, 0.3) is 133 Å². The Bertz CT molecular complexity index is 4250. The van der Waals surface area contributed by atoms with Crippen molar-refractivity contribution in [3.63, 3.8) is 0 Å². The fraction of sp³-hybridized carbons (Fsp3) is 0. The highest BCUT2D eigenvalue weighted by Crippen LogP contribution is 2.43. The van der Waals surface area contributed by atoms with E-state index >= 15 is 0 Å². The lowest BCUT2D eigenvalue weighted by Gasteiger charge is -2.13. The second kappa shape index (κ2) is 15.6. The first-order valence-electron chi connectivity index (χ1n) is 23.3. The first kappa shape index (κ1) is 38.8. The fourth-order valence-electron chi connectivity index (χ4n) is 10.4.